The van der Waals surface area contributed by atoms with Gasteiger partial charge >= 0.3 is 5.97 Å². The molecule has 0 aliphatic carbocycles. The first-order valence-electron chi connectivity index (χ1n) is 5.76. The van der Waals surface area contributed by atoms with Gasteiger partial charge in [0.15, 0.2) is 0 Å². The van der Waals surface area contributed by atoms with E-state index in [1.54, 1.807) is 29.2 Å². The number of nitrogens with two attached hydrogens (primary N) is 1. The van der Waals surface area contributed by atoms with Crippen molar-refractivity contribution in [1.29, 1.82) is 0 Å². The summed E-state index contributed by atoms with van der Waals surface area (Å²) in [5, 5.41) is 10.7. The van der Waals surface area contributed by atoms with E-state index >= 15 is 0 Å². The molecule has 0 aliphatic heterocycles. The Hall–Kier alpha value is -2.57. The van der Waals surface area contributed by atoms with E-state index in [1.807, 2.05) is 6.07 Å². The molecule has 7 heteroatoms. The zero-order chi connectivity index (χ0) is 13.7. The standard InChI is InChI=1S/C12H15N5O2/c1-19-12(18)10-8-9(2-3-11(10)13)14-4-6-17-7-5-15-16-17/h2-3,5,7-8,14H,4,6,13H2,1H3. The highest BCUT2D eigenvalue weighted by Crippen LogP contribution is 2.18. The lowest BCUT2D eigenvalue weighted by molar-refractivity contribution is 0.0602. The predicted octanol–water partition coefficient (Wildman–Crippen LogP) is 0.759. The van der Waals surface area contributed by atoms with Gasteiger partial charge in [-0.1, -0.05) is 5.21 Å². The maximum absolute atomic E-state index is 11.5. The number of hydrogen-bond acceptors (Lipinski definition) is 6. The van der Waals surface area contributed by atoms with Gasteiger partial charge in [0.1, 0.15) is 0 Å². The van der Waals surface area contributed by atoms with E-state index in [-0.39, 0.29) is 0 Å². The lowest BCUT2D eigenvalue weighted by Crippen LogP contribution is -2.12. The number of carbonyl (C=O) groups excluding carboxylic acids is 1. The number of esters is 1. The summed E-state index contributed by atoms with van der Waals surface area (Å²) in [5.74, 6) is -0.447. The monoisotopic (exact) mass is 261 g/mol. The van der Waals surface area contributed by atoms with Crippen LogP contribution in [0, 0.1) is 0 Å². The molecule has 2 rings (SSSR count). The van der Waals surface area contributed by atoms with Gasteiger partial charge in [-0.3, -0.25) is 4.68 Å². The fourth-order valence-electron chi connectivity index (χ4n) is 1.62. The summed E-state index contributed by atoms with van der Waals surface area (Å²) in [5.41, 5.74) is 7.27. The van der Waals surface area contributed by atoms with Crippen LogP contribution >= 0.6 is 0 Å². The molecule has 1 aromatic carbocycles. The molecule has 0 saturated carbocycles. The average molecular weight is 261 g/mol. The van der Waals surface area contributed by atoms with Gasteiger partial charge in [-0.15, -0.1) is 5.10 Å². The van der Waals surface area contributed by atoms with Crippen molar-refractivity contribution in [2.75, 3.05) is 24.7 Å². The summed E-state index contributed by atoms with van der Waals surface area (Å²) >= 11 is 0. The van der Waals surface area contributed by atoms with E-state index < -0.39 is 5.97 Å². The molecule has 0 spiro atoms. The lowest BCUT2D eigenvalue weighted by Gasteiger charge is -2.09. The lowest BCUT2D eigenvalue weighted by atomic mass is 10.1. The van der Waals surface area contributed by atoms with Crippen LogP contribution in [0.4, 0.5) is 11.4 Å². The van der Waals surface area contributed by atoms with Gasteiger partial charge in [-0.25, -0.2) is 4.79 Å². The molecule has 1 heterocycles. The molecule has 3 N–H and O–H groups in total. The summed E-state index contributed by atoms with van der Waals surface area (Å²) < 4.78 is 6.38. The number of methoxy groups -OCH3 is 1. The van der Waals surface area contributed by atoms with Crippen LogP contribution in [0.15, 0.2) is 30.6 Å². The molecule has 0 unspecified atom stereocenters. The van der Waals surface area contributed by atoms with Crippen molar-refractivity contribution in [2.24, 2.45) is 0 Å². The number of hydrogen-bond donors (Lipinski definition) is 2. The third kappa shape index (κ3) is 3.21. The van der Waals surface area contributed by atoms with Crippen LogP contribution < -0.4 is 11.1 Å². The van der Waals surface area contributed by atoms with Crippen molar-refractivity contribution in [3.63, 3.8) is 0 Å². The molecular weight excluding hydrogens is 246 g/mol. The van der Waals surface area contributed by atoms with Gasteiger partial charge in [0.05, 0.1) is 25.4 Å². The normalized spacial score (nSPS) is 10.2. The Balaban J connectivity index is 1.99. The molecule has 2 aromatic rings. The Morgan fingerprint density at radius 3 is 3.05 bits per heavy atom. The largest absolute Gasteiger partial charge is 0.465 e. The number of anilines is 2. The number of ether oxygens (including phenoxy) is 1. The highest BCUT2D eigenvalue weighted by molar-refractivity contribution is 5.96. The van der Waals surface area contributed by atoms with E-state index in [9.17, 15) is 4.79 Å². The second-order valence-electron chi connectivity index (χ2n) is 3.89. The topological polar surface area (TPSA) is 95.1 Å². The SMILES string of the molecule is COC(=O)c1cc(NCCn2ccnn2)ccc1N. The summed E-state index contributed by atoms with van der Waals surface area (Å²) in [4.78, 5) is 11.5. The molecule has 100 valence electrons. The van der Waals surface area contributed by atoms with Gasteiger partial charge in [-0.2, -0.15) is 0 Å². The van der Waals surface area contributed by atoms with Gasteiger partial charge in [0.2, 0.25) is 0 Å². The van der Waals surface area contributed by atoms with Gasteiger partial charge in [0.25, 0.3) is 0 Å². The Kier molecular flexibility index (Phi) is 3.97. The van der Waals surface area contributed by atoms with E-state index in [0.717, 1.165) is 5.69 Å². The van der Waals surface area contributed by atoms with Crippen molar-refractivity contribution in [3.05, 3.63) is 36.2 Å². The minimum Gasteiger partial charge on any atom is -0.465 e. The second kappa shape index (κ2) is 5.85. The van der Waals surface area contributed by atoms with Crippen LogP contribution in [-0.2, 0) is 11.3 Å². The quantitative estimate of drug-likeness (QED) is 0.609. The number of nitrogens with one attached hydrogen (secondary N) is 1. The van der Waals surface area contributed by atoms with E-state index in [2.05, 4.69) is 20.4 Å². The fraction of sp³-hybridized carbons (Fsp3) is 0.250. The summed E-state index contributed by atoms with van der Waals surface area (Å²) in [6, 6.07) is 5.15. The number of rotatable bonds is 5. The number of aromatic nitrogens is 3. The molecule has 7 nitrogen and oxygen atoms in total. The first kappa shape index (κ1) is 12.9. The molecule has 1 aromatic heterocycles. The Morgan fingerprint density at radius 1 is 1.53 bits per heavy atom. The molecule has 0 saturated heterocycles. The minimum atomic E-state index is -0.447. The molecule has 0 fully saturated rings. The number of carbonyl (C=O) groups is 1. The average Bonchev–Trinajstić information content (AvgIpc) is 2.93. The van der Waals surface area contributed by atoms with Crippen molar-refractivity contribution >= 4 is 17.3 Å². The van der Waals surface area contributed by atoms with Gasteiger partial charge < -0.3 is 15.8 Å². The molecule has 19 heavy (non-hydrogen) atoms. The molecule has 0 atom stereocenters. The van der Waals surface area contributed by atoms with Crippen molar-refractivity contribution in [2.45, 2.75) is 6.54 Å². The van der Waals surface area contributed by atoms with E-state index in [1.165, 1.54) is 7.11 Å². The number of benzene rings is 1. The molecule has 0 aliphatic rings. The summed E-state index contributed by atoms with van der Waals surface area (Å²) in [6.07, 6.45) is 3.41. The van der Waals surface area contributed by atoms with Crippen molar-refractivity contribution < 1.29 is 9.53 Å². The summed E-state index contributed by atoms with van der Waals surface area (Å²) in [6.45, 7) is 1.34. The molecule has 0 radical (unpaired) electrons. The zero-order valence-corrected chi connectivity index (χ0v) is 10.5. The molecule has 0 bridgehead atoms. The Labute approximate surface area is 110 Å². The van der Waals surface area contributed by atoms with Crippen LogP contribution in [0.3, 0.4) is 0 Å². The van der Waals surface area contributed by atoms with Crippen molar-refractivity contribution in [1.82, 2.24) is 15.0 Å². The smallest absolute Gasteiger partial charge is 0.340 e. The summed E-state index contributed by atoms with van der Waals surface area (Å²) in [7, 11) is 1.33. The first-order valence-corrected chi connectivity index (χ1v) is 5.76. The first-order chi connectivity index (χ1) is 9.20. The number of nitrogen functional groups attached to an aromatic ring is 1. The fourth-order valence-corrected chi connectivity index (χ4v) is 1.62. The van der Waals surface area contributed by atoms with Crippen LogP contribution in [0.5, 0.6) is 0 Å². The predicted molar refractivity (Wildman–Crippen MR) is 70.7 cm³/mol. The highest BCUT2D eigenvalue weighted by Gasteiger charge is 2.10. The van der Waals surface area contributed by atoms with E-state index in [4.69, 9.17) is 5.73 Å². The molecular formula is C12H15N5O2. The number of nitrogens with zero attached hydrogens (tertiary/aromatic N) is 3. The van der Waals surface area contributed by atoms with Crippen LogP contribution in [0.1, 0.15) is 10.4 Å². The van der Waals surface area contributed by atoms with Crippen LogP contribution in [0.2, 0.25) is 0 Å². The molecule has 0 amide bonds. The third-order valence-corrected chi connectivity index (χ3v) is 2.60. The Bertz CT molecular complexity index is 553. The Morgan fingerprint density at radius 2 is 2.37 bits per heavy atom. The maximum atomic E-state index is 11.5. The maximum Gasteiger partial charge on any atom is 0.340 e. The van der Waals surface area contributed by atoms with Gasteiger partial charge in [0, 0.05) is 24.1 Å². The van der Waals surface area contributed by atoms with Gasteiger partial charge in [-0.05, 0) is 18.2 Å². The van der Waals surface area contributed by atoms with Crippen LogP contribution in [0.25, 0.3) is 0 Å². The third-order valence-electron chi connectivity index (χ3n) is 2.60. The van der Waals surface area contributed by atoms with E-state index in [0.29, 0.717) is 24.3 Å². The second-order valence-corrected chi connectivity index (χ2v) is 3.89. The van der Waals surface area contributed by atoms with Crippen molar-refractivity contribution in [3.8, 4) is 0 Å². The van der Waals surface area contributed by atoms with Crippen LogP contribution in [-0.4, -0.2) is 34.6 Å². The minimum absolute atomic E-state index is 0.355. The highest BCUT2D eigenvalue weighted by atomic mass is 16.5. The zero-order valence-electron chi connectivity index (χ0n) is 10.5.